The van der Waals surface area contributed by atoms with Gasteiger partial charge in [-0.15, -0.1) is 12.4 Å². The van der Waals surface area contributed by atoms with Crippen LogP contribution in [0.5, 0.6) is 0 Å². The van der Waals surface area contributed by atoms with Crippen molar-refractivity contribution in [1.29, 1.82) is 0 Å². The Bertz CT molecular complexity index is 425. The minimum Gasteiger partial charge on any atom is -0.381 e. The summed E-state index contributed by atoms with van der Waals surface area (Å²) in [5.74, 6) is 0.0753. The largest absolute Gasteiger partial charge is 0.381 e. The predicted molar refractivity (Wildman–Crippen MR) is 90.0 cm³/mol. The van der Waals surface area contributed by atoms with Gasteiger partial charge >= 0.3 is 0 Å². The number of amides is 1. The molecule has 0 radical (unpaired) electrons. The monoisotopic (exact) mass is 327 g/mol. The van der Waals surface area contributed by atoms with Crippen LogP contribution in [0.2, 0.25) is 0 Å². The molecule has 1 amide bonds. The second-order valence-corrected chi connectivity index (χ2v) is 5.44. The molecule has 3 N–H and O–H groups in total. The van der Waals surface area contributed by atoms with Crippen molar-refractivity contribution in [2.24, 2.45) is 5.73 Å². The van der Waals surface area contributed by atoms with Crippen molar-refractivity contribution in [3.05, 3.63) is 35.9 Å². The molecule has 22 heavy (non-hydrogen) atoms. The Morgan fingerprint density at radius 2 is 1.95 bits per heavy atom. The van der Waals surface area contributed by atoms with Gasteiger partial charge in [-0.1, -0.05) is 30.3 Å². The van der Waals surface area contributed by atoms with Crippen LogP contribution in [-0.2, 0) is 16.1 Å². The normalized spacial score (nSPS) is 15.4. The molecule has 5 nitrogen and oxygen atoms in total. The van der Waals surface area contributed by atoms with Crippen molar-refractivity contribution in [3.63, 3.8) is 0 Å². The molecule has 1 aliphatic heterocycles. The van der Waals surface area contributed by atoms with E-state index >= 15 is 0 Å². The van der Waals surface area contributed by atoms with E-state index in [0.29, 0.717) is 13.1 Å². The summed E-state index contributed by atoms with van der Waals surface area (Å²) in [6, 6.07) is 10.4. The fourth-order valence-electron chi connectivity index (χ4n) is 2.56. The maximum absolute atomic E-state index is 12.2. The number of hydrogen-bond acceptors (Lipinski definition) is 4. The van der Waals surface area contributed by atoms with Crippen LogP contribution in [0.3, 0.4) is 0 Å². The number of nitrogens with one attached hydrogen (secondary N) is 1. The van der Waals surface area contributed by atoms with Crippen LogP contribution in [0.15, 0.2) is 30.3 Å². The third-order valence-electron chi connectivity index (χ3n) is 3.65. The quantitative estimate of drug-likeness (QED) is 0.788. The number of rotatable bonds is 7. The molecule has 1 saturated heterocycles. The zero-order valence-electron chi connectivity index (χ0n) is 12.9. The first-order valence-electron chi connectivity index (χ1n) is 7.61. The van der Waals surface area contributed by atoms with Gasteiger partial charge in [0.25, 0.3) is 0 Å². The lowest BCUT2D eigenvalue weighted by molar-refractivity contribution is -0.123. The molecular formula is C16H26ClN3O2. The number of carbonyl (C=O) groups excluding carboxylic acids is 1. The summed E-state index contributed by atoms with van der Waals surface area (Å²) in [6.45, 7) is 3.89. The molecule has 0 spiro atoms. The molecule has 1 aromatic rings. The summed E-state index contributed by atoms with van der Waals surface area (Å²) in [6.07, 6.45) is 1.81. The van der Waals surface area contributed by atoms with Crippen LogP contribution in [-0.4, -0.2) is 49.7 Å². The van der Waals surface area contributed by atoms with E-state index in [0.717, 1.165) is 39.1 Å². The first-order chi connectivity index (χ1) is 10.3. The molecule has 2 rings (SSSR count). The lowest BCUT2D eigenvalue weighted by atomic mass is 10.1. The average molecular weight is 328 g/mol. The second kappa shape index (κ2) is 10.6. The third-order valence-corrected chi connectivity index (χ3v) is 3.65. The zero-order valence-corrected chi connectivity index (χ0v) is 13.7. The third kappa shape index (κ3) is 6.75. The van der Waals surface area contributed by atoms with Gasteiger partial charge < -0.3 is 15.8 Å². The molecule has 0 atom stereocenters. The number of nitrogens with zero attached hydrogens (tertiary/aromatic N) is 1. The molecule has 0 bridgehead atoms. The Hall–Kier alpha value is -1.14. The highest BCUT2D eigenvalue weighted by Crippen LogP contribution is 2.07. The van der Waals surface area contributed by atoms with Crippen LogP contribution < -0.4 is 11.1 Å². The summed E-state index contributed by atoms with van der Waals surface area (Å²) in [7, 11) is 0. The van der Waals surface area contributed by atoms with Gasteiger partial charge in [0.15, 0.2) is 0 Å². The van der Waals surface area contributed by atoms with E-state index in [1.54, 1.807) is 0 Å². The minimum absolute atomic E-state index is 0. The fraction of sp³-hybridized carbons (Fsp3) is 0.562. The lowest BCUT2D eigenvalue weighted by Gasteiger charge is -2.26. The standard InChI is InChI=1S/C16H25N3O2.ClH/c17-8-9-19(12-14-4-2-1-3-5-14)13-16(20)18-15-6-10-21-11-7-15;/h1-5,15H,6-13,17H2,(H,18,20);1H. The Labute approximate surface area is 138 Å². The lowest BCUT2D eigenvalue weighted by Crippen LogP contribution is -2.45. The van der Waals surface area contributed by atoms with Crippen molar-refractivity contribution in [2.45, 2.75) is 25.4 Å². The summed E-state index contributed by atoms with van der Waals surface area (Å²) in [5, 5.41) is 3.09. The van der Waals surface area contributed by atoms with Gasteiger partial charge in [-0.25, -0.2) is 0 Å². The van der Waals surface area contributed by atoms with E-state index in [1.165, 1.54) is 5.56 Å². The summed E-state index contributed by atoms with van der Waals surface area (Å²) >= 11 is 0. The molecule has 1 fully saturated rings. The topological polar surface area (TPSA) is 67.6 Å². The Morgan fingerprint density at radius 3 is 2.59 bits per heavy atom. The van der Waals surface area contributed by atoms with E-state index in [4.69, 9.17) is 10.5 Å². The molecule has 1 aromatic carbocycles. The van der Waals surface area contributed by atoms with Crippen LogP contribution in [0.4, 0.5) is 0 Å². The number of carbonyl (C=O) groups is 1. The van der Waals surface area contributed by atoms with E-state index in [-0.39, 0.29) is 24.4 Å². The van der Waals surface area contributed by atoms with E-state index in [1.807, 2.05) is 18.2 Å². The van der Waals surface area contributed by atoms with E-state index in [9.17, 15) is 4.79 Å². The molecule has 1 heterocycles. The van der Waals surface area contributed by atoms with Crippen LogP contribution in [0.25, 0.3) is 0 Å². The molecular weight excluding hydrogens is 302 g/mol. The van der Waals surface area contributed by atoms with Gasteiger partial charge in [0.05, 0.1) is 6.54 Å². The molecule has 1 aliphatic rings. The SMILES string of the molecule is Cl.NCCN(CC(=O)NC1CCOCC1)Cc1ccccc1. The molecule has 6 heteroatoms. The average Bonchev–Trinajstić information content (AvgIpc) is 2.49. The summed E-state index contributed by atoms with van der Waals surface area (Å²) in [4.78, 5) is 14.2. The van der Waals surface area contributed by atoms with Gasteiger partial charge in [-0.2, -0.15) is 0 Å². The van der Waals surface area contributed by atoms with E-state index < -0.39 is 0 Å². The van der Waals surface area contributed by atoms with E-state index in [2.05, 4.69) is 22.3 Å². The van der Waals surface area contributed by atoms with Gasteiger partial charge in [0.2, 0.25) is 5.91 Å². The Balaban J connectivity index is 0.00000242. The van der Waals surface area contributed by atoms with Gasteiger partial charge in [-0.05, 0) is 18.4 Å². The fourth-order valence-corrected chi connectivity index (χ4v) is 2.56. The van der Waals surface area contributed by atoms with Crippen molar-refractivity contribution >= 4 is 18.3 Å². The number of nitrogens with two attached hydrogens (primary N) is 1. The summed E-state index contributed by atoms with van der Waals surface area (Å²) < 4.78 is 5.30. The van der Waals surface area contributed by atoms with Crippen molar-refractivity contribution in [2.75, 3.05) is 32.8 Å². The van der Waals surface area contributed by atoms with Gasteiger partial charge in [0, 0.05) is 38.9 Å². The number of ether oxygens (including phenoxy) is 1. The molecule has 124 valence electrons. The van der Waals surface area contributed by atoms with Crippen molar-refractivity contribution < 1.29 is 9.53 Å². The maximum Gasteiger partial charge on any atom is 0.234 e. The summed E-state index contributed by atoms with van der Waals surface area (Å²) in [5.41, 5.74) is 6.85. The maximum atomic E-state index is 12.2. The highest BCUT2D eigenvalue weighted by Gasteiger charge is 2.17. The Kier molecular flexibility index (Phi) is 9.08. The predicted octanol–water partition coefficient (Wildman–Crippen LogP) is 1.16. The smallest absolute Gasteiger partial charge is 0.234 e. The zero-order chi connectivity index (χ0) is 14.9. The Morgan fingerprint density at radius 1 is 1.27 bits per heavy atom. The van der Waals surface area contributed by atoms with Crippen LogP contribution >= 0.6 is 12.4 Å². The molecule has 0 unspecified atom stereocenters. The highest BCUT2D eigenvalue weighted by atomic mass is 35.5. The molecule has 0 aromatic heterocycles. The first kappa shape index (κ1) is 18.9. The van der Waals surface area contributed by atoms with Crippen molar-refractivity contribution in [1.82, 2.24) is 10.2 Å². The number of benzene rings is 1. The van der Waals surface area contributed by atoms with Crippen LogP contribution in [0.1, 0.15) is 18.4 Å². The van der Waals surface area contributed by atoms with Gasteiger partial charge in [-0.3, -0.25) is 9.69 Å². The molecule has 0 saturated carbocycles. The minimum atomic E-state index is 0. The number of hydrogen-bond donors (Lipinski definition) is 2. The number of halogens is 1. The first-order valence-corrected chi connectivity index (χ1v) is 7.61. The van der Waals surface area contributed by atoms with Gasteiger partial charge in [0.1, 0.15) is 0 Å². The highest BCUT2D eigenvalue weighted by molar-refractivity contribution is 5.85. The van der Waals surface area contributed by atoms with Crippen molar-refractivity contribution in [3.8, 4) is 0 Å². The van der Waals surface area contributed by atoms with Crippen LogP contribution in [0, 0.1) is 0 Å². The molecule has 0 aliphatic carbocycles. The second-order valence-electron chi connectivity index (χ2n) is 5.44.